The van der Waals surface area contributed by atoms with Crippen molar-refractivity contribution in [3.63, 3.8) is 0 Å². The van der Waals surface area contributed by atoms with Crippen LogP contribution in [0.5, 0.6) is 11.5 Å². The predicted molar refractivity (Wildman–Crippen MR) is 113 cm³/mol. The van der Waals surface area contributed by atoms with Gasteiger partial charge in [-0.2, -0.15) is 0 Å². The van der Waals surface area contributed by atoms with Gasteiger partial charge in [0.1, 0.15) is 11.5 Å². The van der Waals surface area contributed by atoms with Gasteiger partial charge in [0, 0.05) is 31.3 Å². The summed E-state index contributed by atoms with van der Waals surface area (Å²) >= 11 is 5.38. The molecule has 1 aromatic rings. The monoisotopic (exact) mass is 421 g/mol. The van der Waals surface area contributed by atoms with Crippen molar-refractivity contribution in [2.24, 2.45) is 0 Å². The van der Waals surface area contributed by atoms with Gasteiger partial charge in [-0.25, -0.2) is 5.01 Å². The third kappa shape index (κ3) is 6.35. The van der Waals surface area contributed by atoms with Crippen molar-refractivity contribution < 1.29 is 23.8 Å². The summed E-state index contributed by atoms with van der Waals surface area (Å²) < 4.78 is 15.4. The van der Waals surface area contributed by atoms with Gasteiger partial charge in [0.25, 0.3) is 5.91 Å². The van der Waals surface area contributed by atoms with Crippen molar-refractivity contribution in [3.8, 4) is 11.5 Å². The Morgan fingerprint density at radius 3 is 2.66 bits per heavy atom. The molecular weight excluding hydrogens is 394 g/mol. The number of thiocarbonyl (C=S) groups is 1. The first-order valence-corrected chi connectivity index (χ1v) is 9.83. The summed E-state index contributed by atoms with van der Waals surface area (Å²) in [6.07, 6.45) is 4.20. The van der Waals surface area contributed by atoms with E-state index in [9.17, 15) is 9.59 Å². The molecule has 0 spiro atoms. The number of hydrogen-bond donors (Lipinski definition) is 1. The van der Waals surface area contributed by atoms with Gasteiger partial charge in [-0.3, -0.25) is 14.6 Å². The van der Waals surface area contributed by atoms with Crippen LogP contribution in [0.3, 0.4) is 0 Å². The Labute approximate surface area is 176 Å². The third-order valence-electron chi connectivity index (χ3n) is 4.27. The average Bonchev–Trinajstić information content (AvgIpc) is 3.22. The number of carbonyl (C=O) groups excluding carboxylic acids is 2. The second-order valence-corrected chi connectivity index (χ2v) is 6.55. The highest BCUT2D eigenvalue weighted by atomic mass is 32.1. The van der Waals surface area contributed by atoms with E-state index >= 15 is 0 Å². The minimum Gasteiger partial charge on any atom is -0.497 e. The fourth-order valence-electron chi connectivity index (χ4n) is 2.86. The number of ether oxygens (including phenoxy) is 3. The van der Waals surface area contributed by atoms with Gasteiger partial charge in [0.15, 0.2) is 5.11 Å². The molecule has 9 heteroatoms. The number of methoxy groups -OCH3 is 2. The lowest BCUT2D eigenvalue weighted by atomic mass is 10.1. The number of rotatable bonds is 8. The van der Waals surface area contributed by atoms with Crippen molar-refractivity contribution in [3.05, 3.63) is 29.8 Å². The first-order valence-electron chi connectivity index (χ1n) is 9.42. The van der Waals surface area contributed by atoms with Gasteiger partial charge >= 0.3 is 5.97 Å². The molecule has 1 saturated heterocycles. The smallest absolute Gasteiger partial charge is 0.307 e. The topological polar surface area (TPSA) is 80.3 Å². The zero-order chi connectivity index (χ0) is 21.2. The van der Waals surface area contributed by atoms with Gasteiger partial charge < -0.3 is 19.5 Å². The van der Waals surface area contributed by atoms with Crippen LogP contribution in [-0.4, -0.2) is 67.5 Å². The summed E-state index contributed by atoms with van der Waals surface area (Å²) in [7, 11) is 3.15. The fourth-order valence-corrected chi connectivity index (χ4v) is 3.16. The number of hydrogen-bond acceptors (Lipinski definition) is 6. The molecule has 29 heavy (non-hydrogen) atoms. The Balaban J connectivity index is 1.98. The van der Waals surface area contributed by atoms with Crippen LogP contribution in [0.15, 0.2) is 24.3 Å². The maximum atomic E-state index is 12.7. The predicted octanol–water partition coefficient (Wildman–Crippen LogP) is 1.99. The highest BCUT2D eigenvalue weighted by Crippen LogP contribution is 2.25. The standard InChI is InChI=1S/C20H27N3O5S/c1-4-28-19(25)10-11-21-20(29)23-13-5-12-22(23)18(24)9-6-15-14-16(26-2)7-8-17(15)27-3/h6-9,14H,4-5,10-13H2,1-3H3,(H,21,29). The first-order chi connectivity index (χ1) is 14.0. The van der Waals surface area contributed by atoms with Crippen LogP contribution in [0.4, 0.5) is 0 Å². The fraction of sp³-hybridized carbons (Fsp3) is 0.450. The van der Waals surface area contributed by atoms with Crippen LogP contribution >= 0.6 is 12.2 Å². The SMILES string of the molecule is CCOC(=O)CCNC(=S)N1CCCN1C(=O)C=Cc1cc(OC)ccc1OC. The summed E-state index contributed by atoms with van der Waals surface area (Å²) in [4.78, 5) is 24.1. The molecule has 0 saturated carbocycles. The van der Waals surface area contributed by atoms with Crippen LogP contribution in [0.25, 0.3) is 6.08 Å². The number of nitrogens with zero attached hydrogens (tertiary/aromatic N) is 2. The summed E-state index contributed by atoms with van der Waals surface area (Å²) in [5.41, 5.74) is 0.737. The van der Waals surface area contributed by atoms with E-state index in [0.29, 0.717) is 42.9 Å². The maximum absolute atomic E-state index is 12.7. The average molecular weight is 422 g/mol. The van der Waals surface area contributed by atoms with Crippen molar-refractivity contribution >= 4 is 35.3 Å². The van der Waals surface area contributed by atoms with Crippen LogP contribution in [0.1, 0.15) is 25.3 Å². The molecule has 0 aromatic heterocycles. The molecule has 0 bridgehead atoms. The van der Waals surface area contributed by atoms with Crippen molar-refractivity contribution in [2.75, 3.05) is 40.5 Å². The Morgan fingerprint density at radius 1 is 1.21 bits per heavy atom. The normalized spacial score (nSPS) is 13.5. The second kappa shape index (κ2) is 11.3. The van der Waals surface area contributed by atoms with Gasteiger partial charge in [0.05, 0.1) is 27.2 Å². The third-order valence-corrected chi connectivity index (χ3v) is 4.63. The highest BCUT2D eigenvalue weighted by molar-refractivity contribution is 7.80. The van der Waals surface area contributed by atoms with Crippen molar-refractivity contribution in [1.29, 1.82) is 0 Å². The van der Waals surface area contributed by atoms with E-state index in [2.05, 4.69) is 5.32 Å². The number of nitrogens with one attached hydrogen (secondary N) is 1. The lowest BCUT2D eigenvalue weighted by Gasteiger charge is -2.29. The van der Waals surface area contributed by atoms with E-state index in [4.69, 9.17) is 26.4 Å². The first kappa shape index (κ1) is 22.5. The zero-order valence-corrected chi connectivity index (χ0v) is 17.8. The molecule has 1 aliphatic rings. The molecule has 0 radical (unpaired) electrons. The minimum absolute atomic E-state index is 0.193. The molecule has 2 rings (SSSR count). The number of amides is 1. The van der Waals surface area contributed by atoms with Crippen LogP contribution < -0.4 is 14.8 Å². The Kier molecular flexibility index (Phi) is 8.72. The lowest BCUT2D eigenvalue weighted by molar-refractivity contribution is -0.143. The quantitative estimate of drug-likeness (QED) is 0.388. The van der Waals surface area contributed by atoms with E-state index in [1.807, 2.05) is 0 Å². The Morgan fingerprint density at radius 2 is 1.97 bits per heavy atom. The van der Waals surface area contributed by atoms with E-state index < -0.39 is 0 Å². The summed E-state index contributed by atoms with van der Waals surface area (Å²) in [5, 5.41) is 6.72. The van der Waals surface area contributed by atoms with Gasteiger partial charge in [-0.15, -0.1) is 0 Å². The van der Waals surface area contributed by atoms with Crippen LogP contribution in [0.2, 0.25) is 0 Å². The summed E-state index contributed by atoms with van der Waals surface area (Å²) in [6.45, 7) is 3.67. The molecule has 1 amide bonds. The number of benzene rings is 1. The molecule has 1 aromatic carbocycles. The van der Waals surface area contributed by atoms with E-state index in [0.717, 1.165) is 12.0 Å². The van der Waals surface area contributed by atoms with E-state index in [1.54, 1.807) is 55.4 Å². The summed E-state index contributed by atoms with van der Waals surface area (Å²) in [6, 6.07) is 5.38. The lowest BCUT2D eigenvalue weighted by Crippen LogP contribution is -2.49. The maximum Gasteiger partial charge on any atom is 0.307 e. The molecule has 1 fully saturated rings. The Hall–Kier alpha value is -2.81. The Bertz CT molecular complexity index is 768. The zero-order valence-electron chi connectivity index (χ0n) is 17.0. The molecular formula is C20H27N3O5S. The largest absolute Gasteiger partial charge is 0.497 e. The number of hydrazine groups is 1. The van der Waals surface area contributed by atoms with Gasteiger partial charge in [-0.1, -0.05) is 0 Å². The minimum atomic E-state index is -0.285. The molecule has 0 atom stereocenters. The second-order valence-electron chi connectivity index (χ2n) is 6.17. The molecule has 0 unspecified atom stereocenters. The number of esters is 1. The van der Waals surface area contributed by atoms with Crippen LogP contribution in [-0.2, 0) is 14.3 Å². The van der Waals surface area contributed by atoms with E-state index in [-0.39, 0.29) is 18.3 Å². The molecule has 8 nitrogen and oxygen atoms in total. The van der Waals surface area contributed by atoms with Crippen molar-refractivity contribution in [2.45, 2.75) is 19.8 Å². The van der Waals surface area contributed by atoms with Gasteiger partial charge in [-0.05, 0) is 49.8 Å². The molecule has 0 aliphatic carbocycles. The molecule has 1 heterocycles. The summed E-state index contributed by atoms with van der Waals surface area (Å²) in [5.74, 6) is 0.839. The van der Waals surface area contributed by atoms with Crippen molar-refractivity contribution in [1.82, 2.24) is 15.3 Å². The molecule has 158 valence electrons. The van der Waals surface area contributed by atoms with E-state index in [1.165, 1.54) is 6.08 Å². The van der Waals surface area contributed by atoms with Crippen LogP contribution in [0, 0.1) is 0 Å². The number of carbonyl (C=O) groups is 2. The van der Waals surface area contributed by atoms with Gasteiger partial charge in [0.2, 0.25) is 0 Å². The molecule has 1 N–H and O–H groups in total. The highest BCUT2D eigenvalue weighted by Gasteiger charge is 2.27. The molecule has 1 aliphatic heterocycles.